The molecule has 1 unspecified atom stereocenters. The molecule has 0 radical (unpaired) electrons. The van der Waals surface area contributed by atoms with E-state index in [9.17, 15) is 4.39 Å². The van der Waals surface area contributed by atoms with E-state index in [1.807, 2.05) is 32.0 Å². The Morgan fingerprint density at radius 2 is 1.94 bits per heavy atom. The lowest BCUT2D eigenvalue weighted by Crippen LogP contribution is -2.31. The molecule has 0 aliphatic carbocycles. The molecule has 0 saturated heterocycles. The highest BCUT2D eigenvalue weighted by Gasteiger charge is 2.20. The van der Waals surface area contributed by atoms with Gasteiger partial charge in [0.25, 0.3) is 0 Å². The monoisotopic (exact) mass is 252 g/mol. The van der Waals surface area contributed by atoms with Crippen molar-refractivity contribution in [2.24, 2.45) is 5.41 Å². The summed E-state index contributed by atoms with van der Waals surface area (Å²) in [5.41, 5.74) is 1.84. The predicted octanol–water partition coefficient (Wildman–Crippen LogP) is 3.59. The van der Waals surface area contributed by atoms with Crippen molar-refractivity contribution in [3.05, 3.63) is 29.6 Å². The normalized spacial score (nSPS) is 13.5. The average molecular weight is 252 g/mol. The highest BCUT2D eigenvalue weighted by molar-refractivity contribution is 5.55. The molecule has 0 bridgehead atoms. The summed E-state index contributed by atoms with van der Waals surface area (Å²) in [6.45, 7) is 9.34. The van der Waals surface area contributed by atoms with Crippen molar-refractivity contribution in [1.29, 1.82) is 0 Å². The van der Waals surface area contributed by atoms with Gasteiger partial charge in [-0.25, -0.2) is 4.39 Å². The fourth-order valence-corrected chi connectivity index (χ4v) is 2.23. The molecule has 0 amide bonds. The number of para-hydroxylation sites is 1. The molecular weight excluding hydrogens is 227 g/mol. The maximum atomic E-state index is 14.1. The molecule has 1 aromatic carbocycles. The van der Waals surface area contributed by atoms with Gasteiger partial charge in [0.2, 0.25) is 0 Å². The Balaban J connectivity index is 3.13. The summed E-state index contributed by atoms with van der Waals surface area (Å²) in [7, 11) is 3.85. The second-order valence-corrected chi connectivity index (χ2v) is 6.10. The van der Waals surface area contributed by atoms with Gasteiger partial charge in [-0.05, 0) is 31.0 Å². The van der Waals surface area contributed by atoms with Crippen LogP contribution in [0.3, 0.4) is 0 Å². The largest absolute Gasteiger partial charge is 0.371 e. The van der Waals surface area contributed by atoms with Crippen LogP contribution in [0.5, 0.6) is 0 Å². The van der Waals surface area contributed by atoms with E-state index in [0.717, 1.165) is 12.1 Å². The molecule has 1 atom stereocenters. The maximum Gasteiger partial charge on any atom is 0.146 e. The smallest absolute Gasteiger partial charge is 0.146 e. The summed E-state index contributed by atoms with van der Waals surface area (Å²) < 4.78 is 14.1. The summed E-state index contributed by atoms with van der Waals surface area (Å²) in [6, 6.07) is 5.42. The van der Waals surface area contributed by atoms with Crippen molar-refractivity contribution < 1.29 is 4.39 Å². The number of hydrogen-bond acceptors (Lipinski definition) is 2. The molecule has 1 aromatic rings. The third-order valence-electron chi connectivity index (χ3n) is 3.01. The lowest BCUT2D eigenvalue weighted by atomic mass is 9.95. The van der Waals surface area contributed by atoms with Gasteiger partial charge in [-0.3, -0.25) is 0 Å². The van der Waals surface area contributed by atoms with Crippen molar-refractivity contribution in [2.45, 2.75) is 33.7 Å². The van der Waals surface area contributed by atoms with E-state index in [1.54, 1.807) is 6.07 Å². The third kappa shape index (κ3) is 3.70. The van der Waals surface area contributed by atoms with E-state index < -0.39 is 0 Å². The van der Waals surface area contributed by atoms with Gasteiger partial charge >= 0.3 is 0 Å². The molecule has 18 heavy (non-hydrogen) atoms. The summed E-state index contributed by atoms with van der Waals surface area (Å²) in [5.74, 6) is -0.152. The van der Waals surface area contributed by atoms with Gasteiger partial charge in [0.15, 0.2) is 0 Å². The van der Waals surface area contributed by atoms with Gasteiger partial charge in [0.05, 0.1) is 5.69 Å². The molecule has 0 saturated carbocycles. The van der Waals surface area contributed by atoms with Gasteiger partial charge < -0.3 is 10.2 Å². The summed E-state index contributed by atoms with van der Waals surface area (Å²) in [6.07, 6.45) is 0. The molecule has 0 aliphatic heterocycles. The summed E-state index contributed by atoms with van der Waals surface area (Å²) in [4.78, 5) is 2.01. The van der Waals surface area contributed by atoms with E-state index >= 15 is 0 Å². The van der Waals surface area contributed by atoms with E-state index in [1.165, 1.54) is 6.07 Å². The molecule has 1 N–H and O–H groups in total. The fourth-order valence-electron chi connectivity index (χ4n) is 2.23. The molecule has 1 rings (SSSR count). The number of anilines is 1. The van der Waals surface area contributed by atoms with Gasteiger partial charge in [-0.15, -0.1) is 0 Å². The zero-order valence-corrected chi connectivity index (χ0v) is 12.3. The molecule has 0 fully saturated rings. The Morgan fingerprint density at radius 3 is 2.44 bits per heavy atom. The molecule has 0 aromatic heterocycles. The van der Waals surface area contributed by atoms with Crippen LogP contribution in [0.4, 0.5) is 10.1 Å². The molecule has 2 nitrogen and oxygen atoms in total. The van der Waals surface area contributed by atoms with Crippen LogP contribution in [-0.4, -0.2) is 20.6 Å². The first-order valence-corrected chi connectivity index (χ1v) is 6.43. The van der Waals surface area contributed by atoms with E-state index in [0.29, 0.717) is 5.69 Å². The van der Waals surface area contributed by atoms with E-state index in [4.69, 9.17) is 0 Å². The van der Waals surface area contributed by atoms with Crippen LogP contribution in [0, 0.1) is 11.2 Å². The van der Waals surface area contributed by atoms with Gasteiger partial charge in [0.1, 0.15) is 5.82 Å². The van der Waals surface area contributed by atoms with E-state index in [2.05, 4.69) is 26.1 Å². The minimum absolute atomic E-state index is 0.136. The second-order valence-electron chi connectivity index (χ2n) is 6.10. The highest BCUT2D eigenvalue weighted by Crippen LogP contribution is 2.30. The standard InChI is InChI=1S/C15H25FN2/c1-11(17-5)12-8-7-9-13(16)14(12)18(6)10-15(2,3)4/h7-9,11,17H,10H2,1-6H3. The van der Waals surface area contributed by atoms with Crippen molar-refractivity contribution >= 4 is 5.69 Å². The van der Waals surface area contributed by atoms with Crippen LogP contribution in [0.25, 0.3) is 0 Å². The molecule has 0 heterocycles. The zero-order chi connectivity index (χ0) is 13.9. The van der Waals surface area contributed by atoms with Crippen LogP contribution in [-0.2, 0) is 0 Å². The quantitative estimate of drug-likeness (QED) is 0.881. The van der Waals surface area contributed by atoms with Crippen molar-refractivity contribution in [3.8, 4) is 0 Å². The lowest BCUT2D eigenvalue weighted by Gasteiger charge is -2.31. The minimum atomic E-state index is -0.152. The molecule has 102 valence electrons. The minimum Gasteiger partial charge on any atom is -0.371 e. The third-order valence-corrected chi connectivity index (χ3v) is 3.01. The van der Waals surface area contributed by atoms with Crippen molar-refractivity contribution in [1.82, 2.24) is 5.32 Å². The molecule has 0 spiro atoms. The number of hydrogen-bond donors (Lipinski definition) is 1. The number of nitrogens with one attached hydrogen (secondary N) is 1. The van der Waals surface area contributed by atoms with Crippen LogP contribution in [0.2, 0.25) is 0 Å². The first kappa shape index (κ1) is 15.0. The van der Waals surface area contributed by atoms with Gasteiger partial charge in [0, 0.05) is 19.6 Å². The zero-order valence-electron chi connectivity index (χ0n) is 12.3. The van der Waals surface area contributed by atoms with Gasteiger partial charge in [-0.2, -0.15) is 0 Å². The first-order chi connectivity index (χ1) is 8.26. The van der Waals surface area contributed by atoms with Crippen LogP contribution in [0.15, 0.2) is 18.2 Å². The van der Waals surface area contributed by atoms with Crippen LogP contribution in [0.1, 0.15) is 39.3 Å². The Labute approximate surface area is 110 Å². The Morgan fingerprint density at radius 1 is 1.33 bits per heavy atom. The number of rotatable bonds is 4. The van der Waals surface area contributed by atoms with Crippen LogP contribution < -0.4 is 10.2 Å². The van der Waals surface area contributed by atoms with Crippen molar-refractivity contribution in [3.63, 3.8) is 0 Å². The maximum absolute atomic E-state index is 14.1. The fraction of sp³-hybridized carbons (Fsp3) is 0.600. The van der Waals surface area contributed by atoms with Crippen LogP contribution >= 0.6 is 0 Å². The molecule has 3 heteroatoms. The molecular formula is C15H25FN2. The molecule has 0 aliphatic rings. The van der Waals surface area contributed by atoms with Crippen molar-refractivity contribution in [2.75, 3.05) is 25.5 Å². The Hall–Kier alpha value is -1.09. The average Bonchev–Trinajstić information content (AvgIpc) is 2.25. The number of benzene rings is 1. The lowest BCUT2D eigenvalue weighted by molar-refractivity contribution is 0.416. The number of halogens is 1. The van der Waals surface area contributed by atoms with E-state index in [-0.39, 0.29) is 17.3 Å². The first-order valence-electron chi connectivity index (χ1n) is 6.43. The highest BCUT2D eigenvalue weighted by atomic mass is 19.1. The number of nitrogens with zero attached hydrogens (tertiary/aromatic N) is 1. The summed E-state index contributed by atoms with van der Waals surface area (Å²) >= 11 is 0. The second kappa shape index (κ2) is 5.70. The van der Waals surface area contributed by atoms with Gasteiger partial charge in [-0.1, -0.05) is 32.9 Å². The topological polar surface area (TPSA) is 15.3 Å². The SMILES string of the molecule is CNC(C)c1cccc(F)c1N(C)CC(C)(C)C. The Kier molecular flexibility index (Phi) is 4.74. The summed E-state index contributed by atoms with van der Waals surface area (Å²) in [5, 5.41) is 3.17. The Bertz CT molecular complexity index is 396. The predicted molar refractivity (Wildman–Crippen MR) is 76.6 cm³/mol.